The first-order chi connectivity index (χ1) is 12.2. The van der Waals surface area contributed by atoms with Crippen LogP contribution in [-0.2, 0) is 17.6 Å². The molecule has 7 heteroatoms. The van der Waals surface area contributed by atoms with E-state index in [4.69, 9.17) is 4.74 Å². The number of carbonyl (C=O) groups excluding carboxylic acids is 1. The van der Waals surface area contributed by atoms with Crippen LogP contribution in [0.5, 0.6) is 0 Å². The van der Waals surface area contributed by atoms with E-state index in [1.165, 1.54) is 29.8 Å². The largest absolute Gasteiger partial charge is 0.367 e. The highest BCUT2D eigenvalue weighted by Crippen LogP contribution is 2.30. The zero-order valence-corrected chi connectivity index (χ0v) is 16.0. The Morgan fingerprint density at radius 1 is 1.32 bits per heavy atom. The van der Waals surface area contributed by atoms with Gasteiger partial charge in [0.2, 0.25) is 0 Å². The monoisotopic (exact) mass is 377 g/mol. The quantitative estimate of drug-likeness (QED) is 0.786. The van der Waals surface area contributed by atoms with Crippen molar-refractivity contribution in [3.8, 4) is 0 Å². The number of aromatic nitrogens is 1. The normalized spacial score (nSPS) is 23.8. The number of hydrogen-bond acceptors (Lipinski definition) is 5. The van der Waals surface area contributed by atoms with E-state index >= 15 is 0 Å². The highest BCUT2D eigenvalue weighted by Gasteiger charge is 2.30. The summed E-state index contributed by atoms with van der Waals surface area (Å²) in [5.74, 6) is 0. The molecule has 134 valence electrons. The Labute approximate surface area is 156 Å². The molecular weight excluding hydrogens is 354 g/mol. The number of anilines is 1. The van der Waals surface area contributed by atoms with Gasteiger partial charge in [0.15, 0.2) is 5.13 Å². The van der Waals surface area contributed by atoms with Gasteiger partial charge in [-0.1, -0.05) is 6.42 Å². The number of aryl methyl sites for hydroxylation is 2. The number of nitrogens with one attached hydrogen (secondary N) is 1. The van der Waals surface area contributed by atoms with Gasteiger partial charge in [0.05, 0.1) is 18.3 Å². The van der Waals surface area contributed by atoms with Crippen molar-refractivity contribution in [1.82, 2.24) is 9.88 Å². The van der Waals surface area contributed by atoms with Gasteiger partial charge >= 0.3 is 6.03 Å². The van der Waals surface area contributed by atoms with E-state index in [2.05, 4.69) is 21.7 Å². The molecule has 0 bridgehead atoms. The second kappa shape index (κ2) is 7.43. The molecule has 2 amide bonds. The average Bonchev–Trinajstić information content (AvgIpc) is 3.20. The zero-order valence-electron chi connectivity index (χ0n) is 14.4. The van der Waals surface area contributed by atoms with Crippen molar-refractivity contribution in [2.24, 2.45) is 0 Å². The number of amides is 2. The molecule has 1 fully saturated rings. The first-order valence-corrected chi connectivity index (χ1v) is 10.7. The number of fused-ring (bicyclic) bond motifs is 1. The van der Waals surface area contributed by atoms with Gasteiger partial charge in [-0.05, 0) is 55.0 Å². The molecule has 2 aliphatic rings. The molecule has 0 unspecified atom stereocenters. The molecule has 0 radical (unpaired) electrons. The Balaban J connectivity index is 1.43. The minimum absolute atomic E-state index is 0.0254. The van der Waals surface area contributed by atoms with Gasteiger partial charge in [-0.3, -0.25) is 5.32 Å². The highest BCUT2D eigenvalue weighted by molar-refractivity contribution is 7.15. The van der Waals surface area contributed by atoms with E-state index in [9.17, 15) is 4.79 Å². The molecule has 2 atom stereocenters. The van der Waals surface area contributed by atoms with Crippen LogP contribution in [0.3, 0.4) is 0 Å². The minimum Gasteiger partial charge on any atom is -0.367 e. The topological polar surface area (TPSA) is 54.5 Å². The molecule has 4 rings (SSSR count). The van der Waals surface area contributed by atoms with Crippen LogP contribution in [0.4, 0.5) is 9.93 Å². The van der Waals surface area contributed by atoms with Crippen LogP contribution in [0.25, 0.3) is 0 Å². The predicted octanol–water partition coefficient (Wildman–Crippen LogP) is 4.47. The molecule has 1 aliphatic heterocycles. The van der Waals surface area contributed by atoms with Crippen LogP contribution in [0.1, 0.15) is 48.4 Å². The number of carbonyl (C=O) groups is 1. The maximum atomic E-state index is 12.7. The van der Waals surface area contributed by atoms with Gasteiger partial charge in [-0.15, -0.1) is 11.3 Å². The number of urea groups is 1. The van der Waals surface area contributed by atoms with E-state index in [1.54, 1.807) is 22.7 Å². The molecule has 5 nitrogen and oxygen atoms in total. The molecule has 2 aromatic heterocycles. The Bertz CT molecular complexity index is 705. The fourth-order valence-electron chi connectivity index (χ4n) is 3.51. The van der Waals surface area contributed by atoms with Gasteiger partial charge < -0.3 is 9.64 Å². The van der Waals surface area contributed by atoms with Crippen LogP contribution in [0.2, 0.25) is 0 Å². The van der Waals surface area contributed by atoms with E-state index < -0.39 is 0 Å². The number of morpholine rings is 1. The Morgan fingerprint density at radius 2 is 2.20 bits per heavy atom. The average molecular weight is 378 g/mol. The van der Waals surface area contributed by atoms with Gasteiger partial charge in [0, 0.05) is 11.4 Å². The summed E-state index contributed by atoms with van der Waals surface area (Å²) in [6, 6.07) is 2.00. The first kappa shape index (κ1) is 17.0. The van der Waals surface area contributed by atoms with Crippen molar-refractivity contribution in [3.63, 3.8) is 0 Å². The highest BCUT2D eigenvalue weighted by atomic mass is 32.1. The van der Waals surface area contributed by atoms with Gasteiger partial charge in [0.1, 0.15) is 6.10 Å². The van der Waals surface area contributed by atoms with E-state index in [0.29, 0.717) is 13.1 Å². The molecule has 2 aromatic rings. The maximum absolute atomic E-state index is 12.7. The molecule has 0 saturated carbocycles. The van der Waals surface area contributed by atoms with Crippen LogP contribution in [-0.4, -0.2) is 35.1 Å². The summed E-state index contributed by atoms with van der Waals surface area (Å²) in [6.45, 7) is 3.21. The molecule has 1 aliphatic carbocycles. The lowest BCUT2D eigenvalue weighted by molar-refractivity contribution is -0.0640. The third-order valence-corrected chi connectivity index (χ3v) is 6.55. The smallest absolute Gasteiger partial charge is 0.323 e. The lowest BCUT2D eigenvalue weighted by atomic mass is 10.1. The minimum atomic E-state index is -0.0701. The van der Waals surface area contributed by atoms with Crippen molar-refractivity contribution in [2.45, 2.75) is 51.2 Å². The number of thiophene rings is 1. The van der Waals surface area contributed by atoms with Crippen LogP contribution in [0, 0.1) is 0 Å². The van der Waals surface area contributed by atoms with Crippen molar-refractivity contribution in [2.75, 3.05) is 18.4 Å². The fraction of sp³-hybridized carbons (Fsp3) is 0.556. The van der Waals surface area contributed by atoms with Crippen LogP contribution in [0.15, 0.2) is 16.8 Å². The molecule has 1 saturated heterocycles. The van der Waals surface area contributed by atoms with E-state index in [0.717, 1.165) is 23.5 Å². The summed E-state index contributed by atoms with van der Waals surface area (Å²) in [4.78, 5) is 20.6. The zero-order chi connectivity index (χ0) is 17.2. The van der Waals surface area contributed by atoms with E-state index in [1.807, 2.05) is 17.2 Å². The summed E-state index contributed by atoms with van der Waals surface area (Å²) < 4.78 is 6.01. The second-order valence-corrected chi connectivity index (χ2v) is 8.64. The van der Waals surface area contributed by atoms with Gasteiger partial charge in [-0.25, -0.2) is 9.78 Å². The molecule has 1 N–H and O–H groups in total. The second-order valence-electron chi connectivity index (χ2n) is 6.78. The number of hydrogen-bond donors (Lipinski definition) is 1. The number of ether oxygens (including phenoxy) is 1. The molecule has 25 heavy (non-hydrogen) atoms. The lowest BCUT2D eigenvalue weighted by Gasteiger charge is -2.36. The van der Waals surface area contributed by atoms with Crippen LogP contribution >= 0.6 is 22.7 Å². The van der Waals surface area contributed by atoms with Crippen molar-refractivity contribution in [3.05, 3.63) is 33.0 Å². The molecule has 3 heterocycles. The fourth-order valence-corrected chi connectivity index (χ4v) is 5.25. The Kier molecular flexibility index (Phi) is 5.05. The molecule has 0 spiro atoms. The van der Waals surface area contributed by atoms with E-state index in [-0.39, 0.29) is 18.2 Å². The van der Waals surface area contributed by atoms with Crippen LogP contribution < -0.4 is 5.32 Å². The summed E-state index contributed by atoms with van der Waals surface area (Å²) in [5, 5.41) is 7.90. The van der Waals surface area contributed by atoms with Gasteiger partial charge in [-0.2, -0.15) is 11.3 Å². The number of thiazole rings is 1. The Hall–Kier alpha value is -1.44. The SMILES string of the molecule is C[C@H]1CN(C(=O)Nc2nc3c(s2)CCCCC3)C[C@H](c2ccsc2)O1. The Morgan fingerprint density at radius 3 is 3.04 bits per heavy atom. The lowest BCUT2D eigenvalue weighted by Crippen LogP contribution is -2.47. The predicted molar refractivity (Wildman–Crippen MR) is 102 cm³/mol. The summed E-state index contributed by atoms with van der Waals surface area (Å²) in [7, 11) is 0. The molecule has 0 aromatic carbocycles. The van der Waals surface area contributed by atoms with Crippen molar-refractivity contribution in [1.29, 1.82) is 0 Å². The standard InChI is InChI=1S/C18H23N3O2S2/c1-12-9-21(10-15(23-12)13-7-8-24-11-13)18(22)20-17-19-14-5-3-2-4-6-16(14)25-17/h7-8,11-12,15H,2-6,9-10H2,1H3,(H,19,20,22)/t12-,15+/m0/s1. The molecular formula is C18H23N3O2S2. The third kappa shape index (κ3) is 3.88. The summed E-state index contributed by atoms with van der Waals surface area (Å²) in [6.07, 6.45) is 5.82. The summed E-state index contributed by atoms with van der Waals surface area (Å²) >= 11 is 3.30. The van der Waals surface area contributed by atoms with Crippen molar-refractivity contribution < 1.29 is 9.53 Å². The third-order valence-electron chi connectivity index (χ3n) is 4.77. The number of nitrogens with zero attached hydrogens (tertiary/aromatic N) is 2. The first-order valence-electron chi connectivity index (χ1n) is 8.91. The summed E-state index contributed by atoms with van der Waals surface area (Å²) in [5.41, 5.74) is 2.33. The maximum Gasteiger partial charge on any atom is 0.323 e. The van der Waals surface area contributed by atoms with Gasteiger partial charge in [0.25, 0.3) is 0 Å². The number of rotatable bonds is 2. The van der Waals surface area contributed by atoms with Crippen molar-refractivity contribution >= 4 is 33.8 Å².